The van der Waals surface area contributed by atoms with E-state index in [0.717, 1.165) is 31.6 Å². The molecule has 1 fully saturated rings. The summed E-state index contributed by atoms with van der Waals surface area (Å²) in [5, 5.41) is 7.35. The first-order valence-electron chi connectivity index (χ1n) is 6.74. The predicted octanol–water partition coefficient (Wildman–Crippen LogP) is 1.84. The lowest BCUT2D eigenvalue weighted by atomic mass is 10.2. The second-order valence-corrected chi connectivity index (χ2v) is 5.00. The predicted molar refractivity (Wildman–Crippen MR) is 72.5 cm³/mol. The summed E-state index contributed by atoms with van der Waals surface area (Å²) in [6, 6.07) is 6.23. The molecule has 1 unspecified atom stereocenters. The molecular weight excluding hydrogens is 259 g/mol. The molecule has 0 spiro atoms. The van der Waals surface area contributed by atoms with Crippen LogP contribution in [0.5, 0.6) is 0 Å². The molecule has 0 saturated carbocycles. The van der Waals surface area contributed by atoms with Gasteiger partial charge in [-0.3, -0.25) is 4.90 Å². The molecule has 20 heavy (non-hydrogen) atoms. The summed E-state index contributed by atoms with van der Waals surface area (Å²) >= 11 is 0. The van der Waals surface area contributed by atoms with E-state index in [1.807, 2.05) is 0 Å². The van der Waals surface area contributed by atoms with E-state index >= 15 is 0 Å². The highest BCUT2D eigenvalue weighted by atomic mass is 19.1. The summed E-state index contributed by atoms with van der Waals surface area (Å²) in [6.45, 7) is 2.84. The summed E-state index contributed by atoms with van der Waals surface area (Å²) in [4.78, 5) is 6.67. The monoisotopic (exact) mass is 276 g/mol. The smallest absolute Gasteiger partial charge is 0.244 e. The van der Waals surface area contributed by atoms with Crippen LogP contribution in [0.25, 0.3) is 11.4 Å². The Morgan fingerprint density at radius 1 is 1.30 bits per heavy atom. The van der Waals surface area contributed by atoms with Crippen LogP contribution in [-0.2, 0) is 0 Å². The van der Waals surface area contributed by atoms with Crippen molar-refractivity contribution >= 4 is 0 Å². The standard InChI is InChI=1S/C14H17FN4O/c1-19-9-8-16-7-6-12(19)14-17-13(18-20-14)10-2-4-11(15)5-3-10/h2-5,12,16H,6-9H2,1H3. The first-order chi connectivity index (χ1) is 9.74. The molecule has 0 aliphatic carbocycles. The molecular formula is C14H17FN4O. The summed E-state index contributed by atoms with van der Waals surface area (Å²) < 4.78 is 18.3. The highest BCUT2D eigenvalue weighted by Crippen LogP contribution is 2.25. The number of hydrogen-bond donors (Lipinski definition) is 1. The fraction of sp³-hybridized carbons (Fsp3) is 0.429. The lowest BCUT2D eigenvalue weighted by Crippen LogP contribution is -2.26. The fourth-order valence-electron chi connectivity index (χ4n) is 2.39. The van der Waals surface area contributed by atoms with Gasteiger partial charge in [-0.05, 0) is 44.3 Å². The summed E-state index contributed by atoms with van der Waals surface area (Å²) in [5.41, 5.74) is 0.760. The number of hydrogen-bond acceptors (Lipinski definition) is 5. The average Bonchev–Trinajstić information content (AvgIpc) is 2.83. The first kappa shape index (κ1) is 13.2. The fourth-order valence-corrected chi connectivity index (χ4v) is 2.39. The molecule has 1 aromatic heterocycles. The minimum atomic E-state index is -0.271. The second-order valence-electron chi connectivity index (χ2n) is 5.00. The van der Waals surface area contributed by atoms with E-state index in [4.69, 9.17) is 4.52 Å². The Labute approximate surface area is 116 Å². The zero-order valence-corrected chi connectivity index (χ0v) is 11.3. The Morgan fingerprint density at radius 2 is 2.10 bits per heavy atom. The van der Waals surface area contributed by atoms with Crippen molar-refractivity contribution in [2.45, 2.75) is 12.5 Å². The Balaban J connectivity index is 1.83. The molecule has 0 bridgehead atoms. The van der Waals surface area contributed by atoms with Crippen LogP contribution in [0, 0.1) is 5.82 Å². The average molecular weight is 276 g/mol. The topological polar surface area (TPSA) is 54.2 Å². The maximum absolute atomic E-state index is 12.9. The van der Waals surface area contributed by atoms with Crippen LogP contribution in [0.4, 0.5) is 4.39 Å². The SMILES string of the molecule is CN1CCNCCC1c1nc(-c2ccc(F)cc2)no1. The van der Waals surface area contributed by atoms with Gasteiger partial charge in [0.25, 0.3) is 0 Å². The van der Waals surface area contributed by atoms with Gasteiger partial charge in [0.1, 0.15) is 5.82 Å². The number of nitrogens with one attached hydrogen (secondary N) is 1. The van der Waals surface area contributed by atoms with Gasteiger partial charge >= 0.3 is 0 Å². The molecule has 1 N–H and O–H groups in total. The maximum atomic E-state index is 12.9. The van der Waals surface area contributed by atoms with Crippen LogP contribution in [-0.4, -0.2) is 41.7 Å². The maximum Gasteiger partial charge on any atom is 0.244 e. The molecule has 5 nitrogen and oxygen atoms in total. The van der Waals surface area contributed by atoms with Gasteiger partial charge < -0.3 is 9.84 Å². The molecule has 0 radical (unpaired) electrons. The van der Waals surface area contributed by atoms with Crippen molar-refractivity contribution in [3.8, 4) is 11.4 Å². The van der Waals surface area contributed by atoms with Gasteiger partial charge in [-0.15, -0.1) is 0 Å². The van der Waals surface area contributed by atoms with E-state index in [1.54, 1.807) is 12.1 Å². The number of nitrogens with zero attached hydrogens (tertiary/aromatic N) is 3. The van der Waals surface area contributed by atoms with Crippen LogP contribution in [0.2, 0.25) is 0 Å². The van der Waals surface area contributed by atoms with E-state index in [1.165, 1.54) is 12.1 Å². The third kappa shape index (κ3) is 2.71. The Morgan fingerprint density at radius 3 is 2.90 bits per heavy atom. The van der Waals surface area contributed by atoms with E-state index < -0.39 is 0 Å². The molecule has 1 atom stereocenters. The Bertz CT molecular complexity index is 569. The molecule has 1 aliphatic rings. The molecule has 1 aromatic carbocycles. The molecule has 2 aromatic rings. The third-order valence-electron chi connectivity index (χ3n) is 3.60. The van der Waals surface area contributed by atoms with E-state index in [9.17, 15) is 4.39 Å². The van der Waals surface area contributed by atoms with Crippen molar-refractivity contribution in [1.82, 2.24) is 20.4 Å². The number of benzene rings is 1. The highest BCUT2D eigenvalue weighted by Gasteiger charge is 2.25. The van der Waals surface area contributed by atoms with Crippen molar-refractivity contribution in [3.05, 3.63) is 36.0 Å². The van der Waals surface area contributed by atoms with Gasteiger partial charge in [0.05, 0.1) is 6.04 Å². The molecule has 6 heteroatoms. The number of aromatic nitrogens is 2. The summed E-state index contributed by atoms with van der Waals surface area (Å²) in [7, 11) is 2.05. The molecule has 1 aliphatic heterocycles. The first-order valence-corrected chi connectivity index (χ1v) is 6.74. The Hall–Kier alpha value is -1.79. The van der Waals surface area contributed by atoms with E-state index in [-0.39, 0.29) is 11.9 Å². The van der Waals surface area contributed by atoms with Crippen molar-refractivity contribution < 1.29 is 8.91 Å². The van der Waals surface area contributed by atoms with E-state index in [2.05, 4.69) is 27.4 Å². The largest absolute Gasteiger partial charge is 0.337 e. The van der Waals surface area contributed by atoms with Gasteiger partial charge in [0, 0.05) is 18.7 Å². The van der Waals surface area contributed by atoms with Gasteiger partial charge in [0.2, 0.25) is 11.7 Å². The van der Waals surface area contributed by atoms with Crippen LogP contribution in [0.15, 0.2) is 28.8 Å². The second kappa shape index (κ2) is 5.68. The summed E-state index contributed by atoms with van der Waals surface area (Å²) in [5.74, 6) is 0.855. The lowest BCUT2D eigenvalue weighted by molar-refractivity contribution is 0.203. The zero-order valence-electron chi connectivity index (χ0n) is 11.3. The van der Waals surface area contributed by atoms with E-state index in [0.29, 0.717) is 11.7 Å². The van der Waals surface area contributed by atoms with Crippen LogP contribution < -0.4 is 5.32 Å². The van der Waals surface area contributed by atoms with Crippen LogP contribution in [0.3, 0.4) is 0 Å². The van der Waals surface area contributed by atoms with Crippen molar-refractivity contribution in [2.24, 2.45) is 0 Å². The minimum absolute atomic E-state index is 0.131. The molecule has 0 amide bonds. The summed E-state index contributed by atoms with van der Waals surface area (Å²) in [6.07, 6.45) is 0.932. The molecule has 3 rings (SSSR count). The van der Waals surface area contributed by atoms with Gasteiger partial charge in [-0.25, -0.2) is 4.39 Å². The lowest BCUT2D eigenvalue weighted by Gasteiger charge is -2.21. The quantitative estimate of drug-likeness (QED) is 0.907. The number of rotatable bonds is 2. The van der Waals surface area contributed by atoms with Gasteiger partial charge in [0.15, 0.2) is 0 Å². The van der Waals surface area contributed by atoms with Crippen LogP contribution in [0.1, 0.15) is 18.4 Å². The molecule has 1 saturated heterocycles. The van der Waals surface area contributed by atoms with Gasteiger partial charge in [-0.2, -0.15) is 4.98 Å². The highest BCUT2D eigenvalue weighted by molar-refractivity contribution is 5.53. The zero-order chi connectivity index (χ0) is 13.9. The minimum Gasteiger partial charge on any atom is -0.337 e. The third-order valence-corrected chi connectivity index (χ3v) is 3.60. The molecule has 2 heterocycles. The van der Waals surface area contributed by atoms with Crippen molar-refractivity contribution in [2.75, 3.05) is 26.7 Å². The molecule has 106 valence electrons. The Kier molecular flexibility index (Phi) is 3.75. The van der Waals surface area contributed by atoms with Gasteiger partial charge in [-0.1, -0.05) is 5.16 Å². The number of halogens is 1. The van der Waals surface area contributed by atoms with Crippen molar-refractivity contribution in [1.29, 1.82) is 0 Å². The van der Waals surface area contributed by atoms with Crippen molar-refractivity contribution in [3.63, 3.8) is 0 Å². The number of likely N-dealkylation sites (N-methyl/N-ethyl adjacent to an activating group) is 1. The normalized spacial score (nSPS) is 20.8. The van der Waals surface area contributed by atoms with Crippen LogP contribution >= 0.6 is 0 Å².